The van der Waals surface area contributed by atoms with E-state index in [0.29, 0.717) is 12.6 Å². The summed E-state index contributed by atoms with van der Waals surface area (Å²) in [5, 5.41) is 3.14. The zero-order chi connectivity index (χ0) is 6.53. The standard InChI is InChI=1S/C6H14N2O/c7-2-1-6-3-8-5-9-4-6/h6,8H,1-5,7H2. The molecule has 0 spiro atoms. The van der Waals surface area contributed by atoms with E-state index in [4.69, 9.17) is 10.5 Å². The summed E-state index contributed by atoms with van der Waals surface area (Å²) in [6.07, 6.45) is 1.08. The molecule has 0 aromatic rings. The second-order valence-electron chi connectivity index (χ2n) is 2.41. The van der Waals surface area contributed by atoms with Gasteiger partial charge in [-0.15, -0.1) is 0 Å². The molecule has 0 aliphatic carbocycles. The zero-order valence-corrected chi connectivity index (χ0v) is 5.60. The molecule has 1 saturated heterocycles. The van der Waals surface area contributed by atoms with E-state index in [-0.39, 0.29) is 0 Å². The van der Waals surface area contributed by atoms with Crippen molar-refractivity contribution in [1.29, 1.82) is 0 Å². The lowest BCUT2D eigenvalue weighted by Gasteiger charge is -2.22. The highest BCUT2D eigenvalue weighted by atomic mass is 16.5. The van der Waals surface area contributed by atoms with Gasteiger partial charge in [-0.2, -0.15) is 0 Å². The van der Waals surface area contributed by atoms with Gasteiger partial charge in [0.1, 0.15) is 0 Å². The zero-order valence-electron chi connectivity index (χ0n) is 5.60. The lowest BCUT2D eigenvalue weighted by atomic mass is 10.1. The van der Waals surface area contributed by atoms with Crippen LogP contribution in [-0.4, -0.2) is 26.4 Å². The minimum absolute atomic E-state index is 0.642. The predicted octanol–water partition coefficient (Wildman–Crippen LogP) is -0.471. The Labute approximate surface area is 55.6 Å². The largest absolute Gasteiger partial charge is 0.366 e. The summed E-state index contributed by atoms with van der Waals surface area (Å²) in [7, 11) is 0. The van der Waals surface area contributed by atoms with Crippen molar-refractivity contribution in [3.63, 3.8) is 0 Å². The van der Waals surface area contributed by atoms with Crippen LogP contribution in [0.4, 0.5) is 0 Å². The topological polar surface area (TPSA) is 47.3 Å². The maximum Gasteiger partial charge on any atom is 0.0965 e. The third kappa shape index (κ3) is 2.30. The van der Waals surface area contributed by atoms with Crippen LogP contribution in [0.5, 0.6) is 0 Å². The molecule has 1 fully saturated rings. The molecule has 1 aliphatic rings. The minimum Gasteiger partial charge on any atom is -0.366 e. The number of nitrogens with two attached hydrogens (primary N) is 1. The van der Waals surface area contributed by atoms with E-state index >= 15 is 0 Å². The summed E-state index contributed by atoms with van der Waals surface area (Å²) in [5.41, 5.74) is 5.38. The highest BCUT2D eigenvalue weighted by molar-refractivity contribution is 4.64. The second kappa shape index (κ2) is 3.82. The van der Waals surface area contributed by atoms with E-state index in [1.807, 2.05) is 0 Å². The second-order valence-corrected chi connectivity index (χ2v) is 2.41. The molecule has 3 heteroatoms. The van der Waals surface area contributed by atoms with Gasteiger partial charge in [-0.1, -0.05) is 0 Å². The lowest BCUT2D eigenvalue weighted by Crippen LogP contribution is -2.35. The molecular formula is C6H14N2O. The number of hydrogen-bond donors (Lipinski definition) is 2. The summed E-state index contributed by atoms with van der Waals surface area (Å²) < 4.78 is 5.17. The highest BCUT2D eigenvalue weighted by Gasteiger charge is 2.10. The van der Waals surface area contributed by atoms with Crippen LogP contribution >= 0.6 is 0 Å². The first-order chi connectivity index (χ1) is 4.43. The molecule has 3 N–H and O–H groups in total. The van der Waals surface area contributed by atoms with Crippen molar-refractivity contribution in [2.75, 3.05) is 26.4 Å². The Bertz CT molecular complexity index is 68.7. The fourth-order valence-electron chi connectivity index (χ4n) is 1.04. The van der Waals surface area contributed by atoms with Crippen molar-refractivity contribution < 1.29 is 4.74 Å². The van der Waals surface area contributed by atoms with Crippen molar-refractivity contribution in [3.8, 4) is 0 Å². The Balaban J connectivity index is 2.08. The molecule has 0 aromatic heterocycles. The predicted molar refractivity (Wildman–Crippen MR) is 36.0 cm³/mol. The minimum atomic E-state index is 0.642. The molecule has 0 bridgehead atoms. The number of hydrogen-bond acceptors (Lipinski definition) is 3. The number of ether oxygens (including phenoxy) is 1. The van der Waals surface area contributed by atoms with Gasteiger partial charge in [0, 0.05) is 6.54 Å². The van der Waals surface area contributed by atoms with Crippen LogP contribution in [0, 0.1) is 5.92 Å². The molecule has 54 valence electrons. The first-order valence-electron chi connectivity index (χ1n) is 3.42. The molecule has 0 saturated carbocycles. The Kier molecular flexibility index (Phi) is 2.97. The Morgan fingerprint density at radius 1 is 1.67 bits per heavy atom. The van der Waals surface area contributed by atoms with Crippen LogP contribution in [0.15, 0.2) is 0 Å². The van der Waals surface area contributed by atoms with E-state index in [9.17, 15) is 0 Å². The SMILES string of the molecule is NCCC1CNCOC1. The maximum atomic E-state index is 5.38. The molecule has 1 aliphatic heterocycles. The van der Waals surface area contributed by atoms with Crippen molar-refractivity contribution in [2.24, 2.45) is 11.7 Å². The van der Waals surface area contributed by atoms with Gasteiger partial charge in [-0.3, -0.25) is 5.32 Å². The van der Waals surface area contributed by atoms with Crippen LogP contribution in [0.1, 0.15) is 6.42 Å². The molecule has 0 amide bonds. The van der Waals surface area contributed by atoms with Gasteiger partial charge >= 0.3 is 0 Å². The summed E-state index contributed by atoms with van der Waals surface area (Å²) >= 11 is 0. The van der Waals surface area contributed by atoms with E-state index in [1.54, 1.807) is 0 Å². The average molecular weight is 130 g/mol. The Morgan fingerprint density at radius 2 is 2.56 bits per heavy atom. The smallest absolute Gasteiger partial charge is 0.0965 e. The van der Waals surface area contributed by atoms with Crippen molar-refractivity contribution in [1.82, 2.24) is 5.32 Å². The van der Waals surface area contributed by atoms with E-state index in [1.165, 1.54) is 0 Å². The Morgan fingerprint density at radius 3 is 3.11 bits per heavy atom. The summed E-state index contributed by atoms with van der Waals surface area (Å²) in [6, 6.07) is 0. The van der Waals surface area contributed by atoms with Gasteiger partial charge in [0.25, 0.3) is 0 Å². The van der Waals surface area contributed by atoms with Crippen LogP contribution in [-0.2, 0) is 4.74 Å². The van der Waals surface area contributed by atoms with Gasteiger partial charge in [-0.05, 0) is 18.9 Å². The van der Waals surface area contributed by atoms with Gasteiger partial charge in [0.2, 0.25) is 0 Å². The molecular weight excluding hydrogens is 116 g/mol. The summed E-state index contributed by atoms with van der Waals surface area (Å²) in [5.74, 6) is 0.642. The molecule has 1 unspecified atom stereocenters. The molecule has 1 rings (SSSR count). The molecule has 1 atom stereocenters. The average Bonchev–Trinajstić information content (AvgIpc) is 1.91. The summed E-state index contributed by atoms with van der Waals surface area (Å²) in [6.45, 7) is 3.43. The maximum absolute atomic E-state index is 5.38. The number of rotatable bonds is 2. The first kappa shape index (κ1) is 6.99. The highest BCUT2D eigenvalue weighted by Crippen LogP contribution is 2.03. The van der Waals surface area contributed by atoms with Gasteiger partial charge < -0.3 is 10.5 Å². The summed E-state index contributed by atoms with van der Waals surface area (Å²) in [4.78, 5) is 0. The van der Waals surface area contributed by atoms with Gasteiger partial charge in [-0.25, -0.2) is 0 Å². The van der Waals surface area contributed by atoms with Crippen molar-refractivity contribution >= 4 is 0 Å². The third-order valence-corrected chi connectivity index (χ3v) is 1.57. The molecule has 0 radical (unpaired) electrons. The van der Waals surface area contributed by atoms with E-state index < -0.39 is 0 Å². The normalized spacial score (nSPS) is 28.3. The van der Waals surface area contributed by atoms with Gasteiger partial charge in [0.15, 0.2) is 0 Å². The molecule has 3 nitrogen and oxygen atoms in total. The fourth-order valence-corrected chi connectivity index (χ4v) is 1.04. The quantitative estimate of drug-likeness (QED) is 0.531. The molecule has 0 aromatic carbocycles. The van der Waals surface area contributed by atoms with Crippen LogP contribution < -0.4 is 11.1 Å². The third-order valence-electron chi connectivity index (χ3n) is 1.57. The molecule has 9 heavy (non-hydrogen) atoms. The first-order valence-corrected chi connectivity index (χ1v) is 3.42. The fraction of sp³-hybridized carbons (Fsp3) is 1.00. The lowest BCUT2D eigenvalue weighted by molar-refractivity contribution is 0.0440. The van der Waals surface area contributed by atoms with E-state index in [0.717, 1.165) is 26.1 Å². The van der Waals surface area contributed by atoms with E-state index in [2.05, 4.69) is 5.32 Å². The Hall–Kier alpha value is -0.120. The van der Waals surface area contributed by atoms with Gasteiger partial charge in [0.05, 0.1) is 13.3 Å². The van der Waals surface area contributed by atoms with Crippen molar-refractivity contribution in [3.05, 3.63) is 0 Å². The number of nitrogens with one attached hydrogen (secondary N) is 1. The monoisotopic (exact) mass is 130 g/mol. The molecule has 1 heterocycles. The van der Waals surface area contributed by atoms with Crippen molar-refractivity contribution in [2.45, 2.75) is 6.42 Å². The van der Waals surface area contributed by atoms with Crippen LogP contribution in [0.2, 0.25) is 0 Å². The van der Waals surface area contributed by atoms with Crippen LogP contribution in [0.25, 0.3) is 0 Å². The van der Waals surface area contributed by atoms with Crippen LogP contribution in [0.3, 0.4) is 0 Å².